The number of halogens is 2. The van der Waals surface area contributed by atoms with Gasteiger partial charge in [0.1, 0.15) is 0 Å². The molecule has 3 nitrogen and oxygen atoms in total. The van der Waals surface area contributed by atoms with Crippen LogP contribution in [0.25, 0.3) is 0 Å². The molecule has 0 aliphatic heterocycles. The maximum Gasteiger partial charge on any atom is 0.227 e. The highest BCUT2D eigenvalue weighted by Crippen LogP contribution is 2.16. The minimum atomic E-state index is 0.520. The van der Waals surface area contributed by atoms with E-state index in [4.69, 9.17) is 23.2 Å². The van der Waals surface area contributed by atoms with Crippen LogP contribution in [0.2, 0.25) is 10.0 Å². The summed E-state index contributed by atoms with van der Waals surface area (Å²) in [5.74, 6) is 0. The highest BCUT2D eigenvalue weighted by molar-refractivity contribution is 6.31. The van der Waals surface area contributed by atoms with Gasteiger partial charge in [-0.3, -0.25) is 4.79 Å². The molecule has 0 atom stereocenters. The summed E-state index contributed by atoms with van der Waals surface area (Å²) >= 11 is 11.7. The Balaban J connectivity index is 2.44. The Morgan fingerprint density at radius 2 is 1.32 bits per heavy atom. The van der Waals surface area contributed by atoms with Gasteiger partial charge in [0.2, 0.25) is 6.41 Å². The summed E-state index contributed by atoms with van der Waals surface area (Å²) in [5, 5.41) is 5.34. The Hall–Kier alpha value is -1.84. The summed E-state index contributed by atoms with van der Waals surface area (Å²) in [5.41, 5.74) is 4.65. The summed E-state index contributed by atoms with van der Waals surface area (Å²) in [7, 11) is 0. The van der Waals surface area contributed by atoms with Gasteiger partial charge < -0.3 is 0 Å². The van der Waals surface area contributed by atoms with Crippen LogP contribution in [0.1, 0.15) is 11.1 Å². The van der Waals surface area contributed by atoms with E-state index in [1.807, 2.05) is 24.3 Å². The van der Waals surface area contributed by atoms with Gasteiger partial charge >= 0.3 is 0 Å². The van der Waals surface area contributed by atoms with Crippen molar-refractivity contribution < 1.29 is 4.79 Å². The zero-order valence-corrected chi connectivity index (χ0v) is 11.3. The molecule has 2 aromatic carbocycles. The topological polar surface area (TPSA) is 41.5 Å². The summed E-state index contributed by atoms with van der Waals surface area (Å²) in [4.78, 5) is 10.4. The molecule has 2 rings (SSSR count). The number of hydrogen-bond acceptors (Lipinski definition) is 2. The largest absolute Gasteiger partial charge is 0.277 e. The molecule has 19 heavy (non-hydrogen) atoms. The Labute approximate surface area is 120 Å². The first kappa shape index (κ1) is 13.6. The van der Waals surface area contributed by atoms with Gasteiger partial charge in [0.25, 0.3) is 0 Å². The predicted octanol–water partition coefficient (Wildman–Crippen LogP) is 3.49. The van der Waals surface area contributed by atoms with Gasteiger partial charge in [-0.1, -0.05) is 47.5 Å². The van der Waals surface area contributed by atoms with Crippen LogP contribution in [0.15, 0.2) is 53.6 Å². The van der Waals surface area contributed by atoms with E-state index in [2.05, 4.69) is 10.5 Å². The second-order valence-corrected chi connectivity index (χ2v) is 4.59. The van der Waals surface area contributed by atoms with Crippen molar-refractivity contribution in [1.29, 1.82) is 0 Å². The van der Waals surface area contributed by atoms with Gasteiger partial charge in [-0.15, -0.1) is 0 Å². The molecule has 1 N–H and O–H groups in total. The number of carbonyl (C=O) groups is 1. The first-order valence-corrected chi connectivity index (χ1v) is 6.25. The van der Waals surface area contributed by atoms with Gasteiger partial charge in [0.05, 0.1) is 5.71 Å². The SMILES string of the molecule is O=CNN=C(c1ccc(Cl)cc1)c1ccc(Cl)cc1. The van der Waals surface area contributed by atoms with E-state index in [0.717, 1.165) is 11.1 Å². The summed E-state index contributed by atoms with van der Waals surface area (Å²) < 4.78 is 0. The fourth-order valence-corrected chi connectivity index (χ4v) is 1.85. The van der Waals surface area contributed by atoms with Crippen molar-refractivity contribution >= 4 is 35.3 Å². The molecule has 0 aliphatic carbocycles. The minimum Gasteiger partial charge on any atom is -0.277 e. The van der Waals surface area contributed by atoms with Crippen LogP contribution in [0.5, 0.6) is 0 Å². The predicted molar refractivity (Wildman–Crippen MR) is 77.7 cm³/mol. The summed E-state index contributed by atoms with van der Waals surface area (Å²) in [6.45, 7) is 0. The molecule has 0 aliphatic rings. The normalized spacial score (nSPS) is 9.79. The number of carbonyl (C=O) groups excluding carboxylic acids is 1. The first-order valence-electron chi connectivity index (χ1n) is 5.49. The molecule has 0 bridgehead atoms. The minimum absolute atomic E-state index is 0.520. The van der Waals surface area contributed by atoms with Crippen LogP contribution < -0.4 is 5.43 Å². The van der Waals surface area contributed by atoms with Gasteiger partial charge in [0, 0.05) is 21.2 Å². The lowest BCUT2D eigenvalue weighted by atomic mass is 10.0. The smallest absolute Gasteiger partial charge is 0.227 e. The molecular weight excluding hydrogens is 283 g/mol. The van der Waals surface area contributed by atoms with E-state index in [0.29, 0.717) is 22.2 Å². The molecule has 2 aromatic rings. The number of benzene rings is 2. The van der Waals surface area contributed by atoms with Crippen LogP contribution in [0, 0.1) is 0 Å². The third-order valence-corrected chi connectivity index (χ3v) is 2.97. The summed E-state index contributed by atoms with van der Waals surface area (Å²) in [6.07, 6.45) is 0.520. The maximum absolute atomic E-state index is 10.4. The van der Waals surface area contributed by atoms with E-state index >= 15 is 0 Å². The Bertz CT molecular complexity index is 544. The molecule has 0 saturated heterocycles. The van der Waals surface area contributed by atoms with Crippen LogP contribution in [0.4, 0.5) is 0 Å². The van der Waals surface area contributed by atoms with E-state index < -0.39 is 0 Å². The fourth-order valence-electron chi connectivity index (χ4n) is 1.60. The third-order valence-electron chi connectivity index (χ3n) is 2.46. The number of hydrazone groups is 1. The Morgan fingerprint density at radius 3 is 1.68 bits per heavy atom. The second-order valence-electron chi connectivity index (χ2n) is 3.72. The third kappa shape index (κ3) is 3.56. The molecule has 0 fully saturated rings. The highest BCUT2D eigenvalue weighted by atomic mass is 35.5. The number of rotatable bonds is 4. The lowest BCUT2D eigenvalue weighted by Crippen LogP contribution is -2.11. The lowest BCUT2D eigenvalue weighted by molar-refractivity contribution is -0.109. The van der Waals surface area contributed by atoms with E-state index in [1.54, 1.807) is 24.3 Å². The molecule has 0 unspecified atom stereocenters. The van der Waals surface area contributed by atoms with Crippen molar-refractivity contribution in [3.8, 4) is 0 Å². The van der Waals surface area contributed by atoms with E-state index in [1.165, 1.54) is 0 Å². The van der Waals surface area contributed by atoms with Crippen molar-refractivity contribution in [2.45, 2.75) is 0 Å². The molecule has 0 spiro atoms. The lowest BCUT2D eigenvalue weighted by Gasteiger charge is -2.07. The zero-order valence-electron chi connectivity index (χ0n) is 9.81. The van der Waals surface area contributed by atoms with E-state index in [9.17, 15) is 4.79 Å². The number of nitrogens with zero attached hydrogens (tertiary/aromatic N) is 1. The molecule has 0 heterocycles. The van der Waals surface area contributed by atoms with Crippen LogP contribution in [-0.4, -0.2) is 12.1 Å². The van der Waals surface area contributed by atoms with E-state index in [-0.39, 0.29) is 0 Å². The average molecular weight is 293 g/mol. The number of hydrogen-bond donors (Lipinski definition) is 1. The average Bonchev–Trinajstić information content (AvgIpc) is 2.43. The highest BCUT2D eigenvalue weighted by Gasteiger charge is 2.07. The molecule has 0 radical (unpaired) electrons. The Morgan fingerprint density at radius 1 is 0.895 bits per heavy atom. The molecule has 0 aromatic heterocycles. The van der Waals surface area contributed by atoms with Crippen molar-refractivity contribution in [3.05, 3.63) is 69.7 Å². The van der Waals surface area contributed by atoms with Gasteiger partial charge in [-0.25, -0.2) is 5.43 Å². The summed E-state index contributed by atoms with van der Waals surface area (Å²) in [6, 6.07) is 14.4. The van der Waals surface area contributed by atoms with Gasteiger partial charge in [-0.05, 0) is 24.3 Å². The van der Waals surface area contributed by atoms with Crippen molar-refractivity contribution in [1.82, 2.24) is 5.43 Å². The Kier molecular flexibility index (Phi) is 4.55. The quantitative estimate of drug-likeness (QED) is 0.523. The standard InChI is InChI=1S/C14H10Cl2N2O/c15-12-5-1-10(2-6-12)14(18-17-9-19)11-3-7-13(16)8-4-11/h1-9H,(H,17,19). The van der Waals surface area contributed by atoms with Gasteiger partial charge in [0.15, 0.2) is 0 Å². The molecule has 96 valence electrons. The zero-order chi connectivity index (χ0) is 13.7. The second kappa shape index (κ2) is 6.36. The van der Waals surface area contributed by atoms with Crippen LogP contribution in [0.3, 0.4) is 0 Å². The van der Waals surface area contributed by atoms with Crippen LogP contribution in [-0.2, 0) is 4.79 Å². The molecular formula is C14H10Cl2N2O. The van der Waals surface area contributed by atoms with Crippen LogP contribution >= 0.6 is 23.2 Å². The molecule has 5 heteroatoms. The number of nitrogens with one attached hydrogen (secondary N) is 1. The molecule has 0 saturated carbocycles. The number of amides is 1. The first-order chi connectivity index (χ1) is 9.20. The molecule has 1 amide bonds. The van der Waals surface area contributed by atoms with Gasteiger partial charge in [-0.2, -0.15) is 5.10 Å². The van der Waals surface area contributed by atoms with Crippen molar-refractivity contribution in [3.63, 3.8) is 0 Å². The maximum atomic E-state index is 10.4. The van der Waals surface area contributed by atoms with Crippen molar-refractivity contribution in [2.24, 2.45) is 5.10 Å². The van der Waals surface area contributed by atoms with Crippen molar-refractivity contribution in [2.75, 3.05) is 0 Å². The fraction of sp³-hybridized carbons (Fsp3) is 0. The monoisotopic (exact) mass is 292 g/mol.